The van der Waals surface area contributed by atoms with Gasteiger partial charge in [0.2, 0.25) is 5.91 Å². The fourth-order valence-electron chi connectivity index (χ4n) is 3.21. The van der Waals surface area contributed by atoms with Gasteiger partial charge in [0.1, 0.15) is 5.71 Å². The number of amides is 2. The van der Waals surface area contributed by atoms with Crippen molar-refractivity contribution in [2.75, 3.05) is 34.4 Å². The predicted octanol–water partition coefficient (Wildman–Crippen LogP) is 0.740. The van der Waals surface area contributed by atoms with Crippen molar-refractivity contribution in [1.82, 2.24) is 9.91 Å². The van der Waals surface area contributed by atoms with Crippen molar-refractivity contribution in [3.8, 4) is 11.5 Å². The second-order valence-corrected chi connectivity index (χ2v) is 6.58. The van der Waals surface area contributed by atoms with Crippen LogP contribution in [0.3, 0.4) is 0 Å². The molecule has 0 fully saturated rings. The molecule has 2 aliphatic rings. The number of fused-ring (bicyclic) bond motifs is 1. The molecule has 0 saturated carbocycles. The number of nitrogens with zero attached hydrogens (tertiary/aromatic N) is 3. The van der Waals surface area contributed by atoms with Gasteiger partial charge >= 0.3 is 5.97 Å². The normalized spacial score (nSPS) is 16.2. The van der Waals surface area contributed by atoms with Crippen molar-refractivity contribution in [2.24, 2.45) is 5.10 Å². The van der Waals surface area contributed by atoms with Gasteiger partial charge in [-0.15, -0.1) is 0 Å². The van der Waals surface area contributed by atoms with Crippen LogP contribution in [0.2, 0.25) is 0 Å². The molecule has 2 amide bonds. The second-order valence-electron chi connectivity index (χ2n) is 6.58. The van der Waals surface area contributed by atoms with Crippen LogP contribution < -0.4 is 9.47 Å². The Kier molecular flexibility index (Phi) is 5.81. The Hall–Kier alpha value is -3.10. The van der Waals surface area contributed by atoms with E-state index in [-0.39, 0.29) is 37.0 Å². The third kappa shape index (κ3) is 4.08. The number of carbonyl (C=O) groups is 3. The van der Waals surface area contributed by atoms with Crippen LogP contribution in [0.5, 0.6) is 11.5 Å². The third-order valence-electron chi connectivity index (χ3n) is 4.84. The molecule has 1 aromatic carbocycles. The fraction of sp³-hybridized carbons (Fsp3) is 0.474. The second kappa shape index (κ2) is 8.28. The molecule has 0 radical (unpaired) electrons. The van der Waals surface area contributed by atoms with Crippen molar-refractivity contribution in [2.45, 2.75) is 25.8 Å². The number of rotatable bonds is 5. The monoisotopic (exact) mass is 389 g/mol. The third-order valence-corrected chi connectivity index (χ3v) is 4.84. The summed E-state index contributed by atoms with van der Waals surface area (Å²) in [6.45, 7) is 0.569. The Balaban J connectivity index is 1.60. The first-order valence-electron chi connectivity index (χ1n) is 8.95. The largest absolute Gasteiger partial charge is 0.493 e. The minimum absolute atomic E-state index is 0.149. The Morgan fingerprint density at radius 3 is 2.39 bits per heavy atom. The Morgan fingerprint density at radius 1 is 1.07 bits per heavy atom. The van der Waals surface area contributed by atoms with Gasteiger partial charge in [-0.05, 0) is 29.7 Å². The molecule has 1 aromatic rings. The molecule has 28 heavy (non-hydrogen) atoms. The molecule has 0 bridgehead atoms. The lowest BCUT2D eigenvalue weighted by Crippen LogP contribution is -2.39. The molecule has 9 nitrogen and oxygen atoms in total. The zero-order valence-corrected chi connectivity index (χ0v) is 16.2. The molecular formula is C19H23N3O6. The molecule has 3 rings (SSSR count). The van der Waals surface area contributed by atoms with E-state index >= 15 is 0 Å². The highest BCUT2D eigenvalue weighted by molar-refractivity contribution is 6.37. The predicted molar refractivity (Wildman–Crippen MR) is 99.1 cm³/mol. The van der Waals surface area contributed by atoms with E-state index in [1.807, 2.05) is 12.1 Å². The molecule has 2 heterocycles. The number of hydrazone groups is 1. The first-order chi connectivity index (χ1) is 13.4. The van der Waals surface area contributed by atoms with Crippen LogP contribution in [0.15, 0.2) is 17.2 Å². The number of carbonyl (C=O) groups excluding carboxylic acids is 3. The number of methoxy groups -OCH3 is 2. The maximum Gasteiger partial charge on any atom is 0.355 e. The summed E-state index contributed by atoms with van der Waals surface area (Å²) < 4.78 is 15.7. The maximum absolute atomic E-state index is 12.5. The lowest BCUT2D eigenvalue weighted by molar-refractivity contribution is -0.147. The SMILES string of the molecule is COc1cc2c(cc1OC)CN(C(=O)COC(=O)C1=NN(C)C(=O)CC1)CC2. The summed E-state index contributed by atoms with van der Waals surface area (Å²) in [5, 5.41) is 5.01. The molecule has 0 saturated heterocycles. The van der Waals surface area contributed by atoms with Crippen molar-refractivity contribution in [1.29, 1.82) is 0 Å². The Morgan fingerprint density at radius 2 is 1.75 bits per heavy atom. The molecule has 2 aliphatic heterocycles. The number of hydrogen-bond donors (Lipinski definition) is 0. The first-order valence-corrected chi connectivity index (χ1v) is 8.95. The van der Waals surface area contributed by atoms with E-state index in [9.17, 15) is 14.4 Å². The van der Waals surface area contributed by atoms with Gasteiger partial charge in [-0.1, -0.05) is 0 Å². The van der Waals surface area contributed by atoms with E-state index < -0.39 is 5.97 Å². The average Bonchev–Trinajstić information content (AvgIpc) is 2.72. The average molecular weight is 389 g/mol. The van der Waals surface area contributed by atoms with Crippen molar-refractivity contribution < 1.29 is 28.6 Å². The molecule has 0 atom stereocenters. The highest BCUT2D eigenvalue weighted by atomic mass is 16.5. The molecule has 0 aromatic heterocycles. The lowest BCUT2D eigenvalue weighted by atomic mass is 9.99. The maximum atomic E-state index is 12.5. The zero-order valence-electron chi connectivity index (χ0n) is 16.2. The quantitative estimate of drug-likeness (QED) is 0.689. The number of benzene rings is 1. The molecule has 9 heteroatoms. The zero-order chi connectivity index (χ0) is 20.3. The Labute approximate surface area is 162 Å². The minimum Gasteiger partial charge on any atom is -0.493 e. The van der Waals surface area contributed by atoms with E-state index in [1.165, 1.54) is 7.05 Å². The highest BCUT2D eigenvalue weighted by Gasteiger charge is 2.26. The minimum atomic E-state index is -0.670. The lowest BCUT2D eigenvalue weighted by Gasteiger charge is -2.29. The van der Waals surface area contributed by atoms with Crippen LogP contribution in [0, 0.1) is 0 Å². The highest BCUT2D eigenvalue weighted by Crippen LogP contribution is 2.33. The number of hydrogen-bond acceptors (Lipinski definition) is 7. The van der Waals surface area contributed by atoms with Crippen molar-refractivity contribution in [3.05, 3.63) is 23.3 Å². The molecule has 0 aliphatic carbocycles. The molecule has 0 spiro atoms. The van der Waals surface area contributed by atoms with Crippen molar-refractivity contribution >= 4 is 23.5 Å². The number of ether oxygens (including phenoxy) is 3. The summed E-state index contributed by atoms with van der Waals surface area (Å²) in [5.41, 5.74) is 2.22. The van der Waals surface area contributed by atoms with E-state index in [4.69, 9.17) is 14.2 Å². The van der Waals surface area contributed by atoms with Crippen LogP contribution in [-0.4, -0.2) is 67.8 Å². The summed E-state index contributed by atoms with van der Waals surface area (Å²) >= 11 is 0. The van der Waals surface area contributed by atoms with Crippen LogP contribution in [0.1, 0.15) is 24.0 Å². The van der Waals surface area contributed by atoms with E-state index in [2.05, 4.69) is 5.10 Å². The van der Waals surface area contributed by atoms with Crippen LogP contribution in [0.4, 0.5) is 0 Å². The van der Waals surface area contributed by atoms with Gasteiger partial charge in [-0.25, -0.2) is 9.80 Å². The van der Waals surface area contributed by atoms with Gasteiger partial charge < -0.3 is 19.1 Å². The van der Waals surface area contributed by atoms with Crippen LogP contribution in [0.25, 0.3) is 0 Å². The van der Waals surface area contributed by atoms with Gasteiger partial charge in [0, 0.05) is 33.0 Å². The molecule has 0 N–H and O–H groups in total. The van der Waals surface area contributed by atoms with Crippen LogP contribution >= 0.6 is 0 Å². The topological polar surface area (TPSA) is 97.7 Å². The Bertz CT molecular complexity index is 835. The van der Waals surface area contributed by atoms with Crippen LogP contribution in [-0.2, 0) is 32.1 Å². The summed E-state index contributed by atoms with van der Waals surface area (Å²) in [6, 6.07) is 3.79. The van der Waals surface area contributed by atoms with E-state index in [0.29, 0.717) is 31.0 Å². The standard InChI is InChI=1S/C19H23N3O6/c1-21-17(23)5-4-14(20-21)19(25)28-11-18(24)22-7-6-12-8-15(26-2)16(27-3)9-13(12)10-22/h8-9H,4-7,10-11H2,1-3H3. The van der Waals surface area contributed by atoms with Gasteiger partial charge in [0.05, 0.1) is 14.2 Å². The summed E-state index contributed by atoms with van der Waals surface area (Å²) in [7, 11) is 4.63. The number of esters is 1. The summed E-state index contributed by atoms with van der Waals surface area (Å²) in [4.78, 5) is 37.6. The fourth-order valence-corrected chi connectivity index (χ4v) is 3.21. The van der Waals surface area contributed by atoms with Gasteiger partial charge in [-0.2, -0.15) is 5.10 Å². The van der Waals surface area contributed by atoms with E-state index in [0.717, 1.165) is 16.1 Å². The van der Waals surface area contributed by atoms with Gasteiger partial charge in [0.25, 0.3) is 5.91 Å². The first kappa shape index (κ1) is 19.7. The van der Waals surface area contributed by atoms with Crippen molar-refractivity contribution in [3.63, 3.8) is 0 Å². The van der Waals surface area contributed by atoms with Gasteiger partial charge in [-0.3, -0.25) is 9.59 Å². The van der Waals surface area contributed by atoms with E-state index in [1.54, 1.807) is 19.1 Å². The molecular weight excluding hydrogens is 366 g/mol. The summed E-state index contributed by atoms with van der Waals surface area (Å²) in [5.74, 6) is 0.153. The smallest absolute Gasteiger partial charge is 0.355 e. The molecule has 0 unspecified atom stereocenters. The molecule has 150 valence electrons. The van der Waals surface area contributed by atoms with Gasteiger partial charge in [0.15, 0.2) is 18.1 Å². The summed E-state index contributed by atoms with van der Waals surface area (Å²) in [6.07, 6.45) is 1.09.